The van der Waals surface area contributed by atoms with Crippen molar-refractivity contribution in [1.82, 2.24) is 4.98 Å². The summed E-state index contributed by atoms with van der Waals surface area (Å²) in [4.78, 5) is 38.4. The predicted octanol–water partition coefficient (Wildman–Crippen LogP) is 2.73. The Morgan fingerprint density at radius 3 is 2.48 bits per heavy atom. The zero-order chi connectivity index (χ0) is 16.8. The number of rotatable bonds is 5. The molecule has 7 heteroatoms. The highest BCUT2D eigenvalue weighted by Gasteiger charge is 2.19. The molecule has 6 nitrogen and oxygen atoms in total. The van der Waals surface area contributed by atoms with Gasteiger partial charge in [0.1, 0.15) is 12.1 Å². The lowest BCUT2D eigenvalue weighted by Crippen LogP contribution is -2.30. The van der Waals surface area contributed by atoms with E-state index in [0.29, 0.717) is 22.7 Å². The van der Waals surface area contributed by atoms with E-state index in [4.69, 9.17) is 16.3 Å². The monoisotopic (exact) mass is 332 g/mol. The van der Waals surface area contributed by atoms with Gasteiger partial charge in [0.2, 0.25) is 0 Å². The van der Waals surface area contributed by atoms with Crippen LogP contribution in [0.25, 0.3) is 0 Å². The van der Waals surface area contributed by atoms with Crippen LogP contribution < -0.4 is 5.32 Å². The Morgan fingerprint density at radius 2 is 1.91 bits per heavy atom. The fraction of sp³-hybridized carbons (Fsp3) is 0.125. The lowest BCUT2D eigenvalue weighted by atomic mass is 10.1. The number of pyridine rings is 1. The van der Waals surface area contributed by atoms with E-state index in [0.717, 1.165) is 0 Å². The Kier molecular flexibility index (Phi) is 5.43. The van der Waals surface area contributed by atoms with Crippen molar-refractivity contribution >= 4 is 35.6 Å². The summed E-state index contributed by atoms with van der Waals surface area (Å²) >= 11 is 5.70. The van der Waals surface area contributed by atoms with Crippen LogP contribution in [-0.2, 0) is 9.53 Å². The first-order valence-corrected chi connectivity index (χ1v) is 7.06. The maximum absolute atomic E-state index is 12.0. The van der Waals surface area contributed by atoms with Gasteiger partial charge in [0.15, 0.2) is 6.10 Å². The minimum Gasteiger partial charge on any atom is -0.449 e. The number of hydrogen-bond donors (Lipinski definition) is 1. The largest absolute Gasteiger partial charge is 0.449 e. The van der Waals surface area contributed by atoms with Crippen LogP contribution >= 0.6 is 11.6 Å². The number of esters is 1. The summed E-state index contributed by atoms with van der Waals surface area (Å²) in [6, 6.07) is 9.01. The molecule has 0 radical (unpaired) electrons. The number of carbonyl (C=O) groups excluding carboxylic acids is 3. The molecule has 0 spiro atoms. The van der Waals surface area contributed by atoms with Gasteiger partial charge in [-0.05, 0) is 31.2 Å². The molecule has 23 heavy (non-hydrogen) atoms. The lowest BCUT2D eigenvalue weighted by molar-refractivity contribution is -0.123. The zero-order valence-electron chi connectivity index (χ0n) is 12.2. The van der Waals surface area contributed by atoms with Gasteiger partial charge in [-0.3, -0.25) is 9.59 Å². The van der Waals surface area contributed by atoms with Crippen LogP contribution in [0.3, 0.4) is 0 Å². The molecule has 1 atom stereocenters. The highest BCUT2D eigenvalue weighted by Crippen LogP contribution is 2.11. The number of aldehydes is 1. The molecule has 1 heterocycles. The smallest absolute Gasteiger partial charge is 0.338 e. The normalized spacial score (nSPS) is 11.4. The molecule has 0 bridgehead atoms. The number of nitrogens with zero attached hydrogens (tertiary/aromatic N) is 1. The van der Waals surface area contributed by atoms with Crippen molar-refractivity contribution < 1.29 is 19.1 Å². The second-order valence-electron chi connectivity index (χ2n) is 4.64. The summed E-state index contributed by atoms with van der Waals surface area (Å²) in [6.45, 7) is 1.45. The standard InChI is InChI=1S/C16H13ClN2O4/c1-10(15(21)19-14-7-6-13(17)8-18-14)23-16(22)12-4-2-11(9-20)3-5-12/h2-10H,1H3,(H,18,19,21). The van der Waals surface area contributed by atoms with Gasteiger partial charge in [0.05, 0.1) is 10.6 Å². The number of amides is 1. The molecule has 2 aromatic rings. The minimum absolute atomic E-state index is 0.250. The van der Waals surface area contributed by atoms with Crippen molar-refractivity contribution in [3.05, 3.63) is 58.7 Å². The average molecular weight is 333 g/mol. The van der Waals surface area contributed by atoms with Gasteiger partial charge in [0, 0.05) is 11.8 Å². The molecule has 1 unspecified atom stereocenters. The quantitative estimate of drug-likeness (QED) is 0.672. The van der Waals surface area contributed by atoms with Crippen LogP contribution in [0.15, 0.2) is 42.6 Å². The number of ether oxygens (including phenoxy) is 1. The van der Waals surface area contributed by atoms with Crippen molar-refractivity contribution in [1.29, 1.82) is 0 Å². The van der Waals surface area contributed by atoms with Crippen LogP contribution in [0.1, 0.15) is 27.6 Å². The molecule has 0 saturated heterocycles. The summed E-state index contributed by atoms with van der Waals surface area (Å²) in [5.74, 6) is -0.871. The second-order valence-corrected chi connectivity index (χ2v) is 5.07. The predicted molar refractivity (Wildman–Crippen MR) is 84.6 cm³/mol. The van der Waals surface area contributed by atoms with E-state index in [9.17, 15) is 14.4 Å². The molecule has 118 valence electrons. The van der Waals surface area contributed by atoms with E-state index < -0.39 is 18.0 Å². The van der Waals surface area contributed by atoms with Gasteiger partial charge >= 0.3 is 5.97 Å². The molecular formula is C16H13ClN2O4. The third kappa shape index (κ3) is 4.62. The molecule has 0 saturated carbocycles. The van der Waals surface area contributed by atoms with Crippen LogP contribution in [0.4, 0.5) is 5.82 Å². The third-order valence-electron chi connectivity index (χ3n) is 2.91. The van der Waals surface area contributed by atoms with Crippen molar-refractivity contribution in [3.8, 4) is 0 Å². The van der Waals surface area contributed by atoms with E-state index >= 15 is 0 Å². The Labute approximate surface area is 137 Å². The molecule has 1 amide bonds. The fourth-order valence-electron chi connectivity index (χ4n) is 1.66. The van der Waals surface area contributed by atoms with Gasteiger partial charge in [-0.1, -0.05) is 23.7 Å². The topological polar surface area (TPSA) is 85.4 Å². The van der Waals surface area contributed by atoms with Gasteiger partial charge in [-0.2, -0.15) is 0 Å². The minimum atomic E-state index is -1.01. The SMILES string of the molecule is CC(OC(=O)c1ccc(C=O)cc1)C(=O)Nc1ccc(Cl)cn1. The van der Waals surface area contributed by atoms with Crippen LogP contribution in [0.2, 0.25) is 5.02 Å². The number of nitrogens with one attached hydrogen (secondary N) is 1. The second kappa shape index (κ2) is 7.51. The number of benzene rings is 1. The van der Waals surface area contributed by atoms with Crippen LogP contribution in [0.5, 0.6) is 0 Å². The first-order chi connectivity index (χ1) is 11.0. The lowest BCUT2D eigenvalue weighted by Gasteiger charge is -2.13. The fourth-order valence-corrected chi connectivity index (χ4v) is 1.77. The van der Waals surface area contributed by atoms with Crippen LogP contribution in [0, 0.1) is 0 Å². The van der Waals surface area contributed by atoms with Crippen LogP contribution in [-0.4, -0.2) is 29.3 Å². The van der Waals surface area contributed by atoms with E-state index in [2.05, 4.69) is 10.3 Å². The summed E-state index contributed by atoms with van der Waals surface area (Å²) in [5.41, 5.74) is 0.695. The number of aromatic nitrogens is 1. The maximum atomic E-state index is 12.0. The zero-order valence-corrected chi connectivity index (χ0v) is 12.9. The molecular weight excluding hydrogens is 320 g/mol. The first-order valence-electron chi connectivity index (χ1n) is 6.68. The average Bonchev–Trinajstić information content (AvgIpc) is 2.56. The van der Waals surface area contributed by atoms with Crippen molar-refractivity contribution in [2.45, 2.75) is 13.0 Å². The molecule has 0 fully saturated rings. The Balaban J connectivity index is 1.95. The highest BCUT2D eigenvalue weighted by molar-refractivity contribution is 6.30. The van der Waals surface area contributed by atoms with Gasteiger partial charge in [-0.15, -0.1) is 0 Å². The van der Waals surface area contributed by atoms with Gasteiger partial charge in [0.25, 0.3) is 5.91 Å². The van der Waals surface area contributed by atoms with E-state index in [-0.39, 0.29) is 5.56 Å². The van der Waals surface area contributed by atoms with E-state index in [1.54, 1.807) is 6.07 Å². The Morgan fingerprint density at radius 1 is 1.22 bits per heavy atom. The molecule has 0 aliphatic rings. The Bertz CT molecular complexity index is 714. The van der Waals surface area contributed by atoms with E-state index in [1.807, 2.05) is 0 Å². The number of halogens is 1. The summed E-state index contributed by atoms with van der Waals surface area (Å²) in [6.07, 6.45) is 1.05. The van der Waals surface area contributed by atoms with Crippen molar-refractivity contribution in [3.63, 3.8) is 0 Å². The Hall–Kier alpha value is -2.73. The van der Waals surface area contributed by atoms with Gasteiger partial charge in [-0.25, -0.2) is 9.78 Å². The third-order valence-corrected chi connectivity index (χ3v) is 3.14. The highest BCUT2D eigenvalue weighted by atomic mass is 35.5. The number of hydrogen-bond acceptors (Lipinski definition) is 5. The summed E-state index contributed by atoms with van der Waals surface area (Å²) < 4.78 is 5.07. The molecule has 1 aromatic heterocycles. The van der Waals surface area contributed by atoms with Gasteiger partial charge < -0.3 is 10.1 Å². The number of carbonyl (C=O) groups is 3. The molecule has 2 rings (SSSR count). The maximum Gasteiger partial charge on any atom is 0.338 e. The number of anilines is 1. The molecule has 0 aliphatic carbocycles. The first kappa shape index (κ1) is 16.6. The summed E-state index contributed by atoms with van der Waals surface area (Å²) in [7, 11) is 0. The molecule has 1 aromatic carbocycles. The van der Waals surface area contributed by atoms with E-state index in [1.165, 1.54) is 43.5 Å². The van der Waals surface area contributed by atoms with Crippen molar-refractivity contribution in [2.24, 2.45) is 0 Å². The molecule has 0 aliphatic heterocycles. The summed E-state index contributed by atoms with van der Waals surface area (Å²) in [5, 5.41) is 2.96. The van der Waals surface area contributed by atoms with Crippen molar-refractivity contribution in [2.75, 3.05) is 5.32 Å². The molecule has 1 N–H and O–H groups in total.